The maximum Gasteiger partial charge on any atom is 0.259 e. The molecule has 7 heteroatoms. The van der Waals surface area contributed by atoms with E-state index < -0.39 is 0 Å². The van der Waals surface area contributed by atoms with Gasteiger partial charge in [0, 0.05) is 30.6 Å². The van der Waals surface area contributed by atoms with Crippen LogP contribution in [0, 0.1) is 13.8 Å². The maximum absolute atomic E-state index is 12.5. The molecule has 1 aromatic heterocycles. The minimum Gasteiger partial charge on any atom is -0.493 e. The summed E-state index contributed by atoms with van der Waals surface area (Å²) in [6.07, 6.45) is 0. The monoisotopic (exact) mass is 319 g/mol. The van der Waals surface area contributed by atoms with Gasteiger partial charge < -0.3 is 19.5 Å². The molecule has 0 aliphatic rings. The number of methoxy groups -OCH3 is 3. The van der Waals surface area contributed by atoms with Crippen LogP contribution in [0.1, 0.15) is 21.7 Å². The van der Waals surface area contributed by atoms with Crippen molar-refractivity contribution in [2.75, 3.05) is 26.6 Å². The summed E-state index contributed by atoms with van der Waals surface area (Å²) < 4.78 is 17.5. The van der Waals surface area contributed by atoms with Crippen LogP contribution in [0.25, 0.3) is 0 Å². The molecule has 0 bridgehead atoms. The van der Waals surface area contributed by atoms with Crippen LogP contribution in [0.2, 0.25) is 0 Å². The highest BCUT2D eigenvalue weighted by Gasteiger charge is 2.19. The second-order valence-electron chi connectivity index (χ2n) is 5.04. The molecular weight excluding hydrogens is 298 g/mol. The van der Waals surface area contributed by atoms with Gasteiger partial charge in [0.25, 0.3) is 5.91 Å². The summed E-state index contributed by atoms with van der Waals surface area (Å²) in [5.74, 6) is 1.19. The predicted octanol–water partition coefficient (Wildman–Crippen LogP) is 2.32. The summed E-state index contributed by atoms with van der Waals surface area (Å²) in [7, 11) is 6.39. The van der Waals surface area contributed by atoms with Gasteiger partial charge in [0.05, 0.1) is 32.6 Å². The van der Waals surface area contributed by atoms with Crippen LogP contribution < -0.4 is 19.5 Å². The molecule has 7 nitrogen and oxygen atoms in total. The number of hydrogen-bond acceptors (Lipinski definition) is 5. The van der Waals surface area contributed by atoms with Crippen molar-refractivity contribution in [3.63, 3.8) is 0 Å². The number of anilines is 1. The van der Waals surface area contributed by atoms with E-state index in [9.17, 15) is 4.79 Å². The Morgan fingerprint density at radius 1 is 1.09 bits per heavy atom. The number of carbonyl (C=O) groups is 1. The first-order valence-electron chi connectivity index (χ1n) is 7.04. The molecule has 0 atom stereocenters. The predicted molar refractivity (Wildman–Crippen MR) is 86.7 cm³/mol. The SMILES string of the molecule is COc1cc(NC(=O)c2c(C)nn(C)c2C)cc(OC)c1OC. The van der Waals surface area contributed by atoms with Crippen molar-refractivity contribution in [3.8, 4) is 17.2 Å². The molecule has 1 aromatic carbocycles. The van der Waals surface area contributed by atoms with E-state index in [2.05, 4.69) is 10.4 Å². The van der Waals surface area contributed by atoms with Crippen LogP contribution in [-0.2, 0) is 7.05 Å². The molecule has 0 saturated heterocycles. The highest BCUT2D eigenvalue weighted by Crippen LogP contribution is 2.40. The molecule has 1 N–H and O–H groups in total. The number of aryl methyl sites for hydroxylation is 2. The highest BCUT2D eigenvalue weighted by atomic mass is 16.5. The van der Waals surface area contributed by atoms with Crippen LogP contribution in [0.4, 0.5) is 5.69 Å². The molecule has 1 heterocycles. The molecule has 2 aromatic rings. The third kappa shape index (κ3) is 3.08. The Labute approximate surface area is 135 Å². The van der Waals surface area contributed by atoms with Gasteiger partial charge in [-0.1, -0.05) is 0 Å². The normalized spacial score (nSPS) is 10.3. The van der Waals surface area contributed by atoms with Crippen LogP contribution in [0.5, 0.6) is 17.2 Å². The molecule has 0 saturated carbocycles. The molecule has 0 aliphatic heterocycles. The van der Waals surface area contributed by atoms with Gasteiger partial charge in [0.2, 0.25) is 5.75 Å². The third-order valence-corrected chi connectivity index (χ3v) is 3.66. The van der Waals surface area contributed by atoms with Gasteiger partial charge in [-0.15, -0.1) is 0 Å². The Hall–Kier alpha value is -2.70. The lowest BCUT2D eigenvalue weighted by Gasteiger charge is -2.14. The summed E-state index contributed by atoms with van der Waals surface area (Å²) in [5, 5.41) is 7.10. The van der Waals surface area contributed by atoms with E-state index in [1.54, 1.807) is 30.8 Å². The van der Waals surface area contributed by atoms with Crippen molar-refractivity contribution >= 4 is 11.6 Å². The highest BCUT2D eigenvalue weighted by molar-refractivity contribution is 6.06. The van der Waals surface area contributed by atoms with Gasteiger partial charge in [0.1, 0.15) is 0 Å². The van der Waals surface area contributed by atoms with Gasteiger partial charge in [-0.25, -0.2) is 0 Å². The summed E-state index contributed by atoms with van der Waals surface area (Å²) >= 11 is 0. The van der Waals surface area contributed by atoms with E-state index in [4.69, 9.17) is 14.2 Å². The van der Waals surface area contributed by atoms with Gasteiger partial charge in [-0.2, -0.15) is 5.10 Å². The molecule has 124 valence electrons. The molecular formula is C16H21N3O4. The van der Waals surface area contributed by atoms with Crippen LogP contribution in [-0.4, -0.2) is 37.0 Å². The molecule has 0 radical (unpaired) electrons. The molecule has 1 amide bonds. The Morgan fingerprint density at radius 2 is 1.65 bits per heavy atom. The van der Waals surface area contributed by atoms with E-state index in [1.165, 1.54) is 21.3 Å². The molecule has 0 aliphatic carbocycles. The number of rotatable bonds is 5. The summed E-state index contributed by atoms with van der Waals surface area (Å²) in [4.78, 5) is 12.5. The average molecular weight is 319 g/mol. The lowest BCUT2D eigenvalue weighted by atomic mass is 10.1. The first-order chi connectivity index (χ1) is 10.9. The fourth-order valence-electron chi connectivity index (χ4n) is 2.45. The summed E-state index contributed by atoms with van der Waals surface area (Å²) in [5.41, 5.74) is 2.58. The zero-order valence-electron chi connectivity index (χ0n) is 14.2. The smallest absolute Gasteiger partial charge is 0.259 e. The van der Waals surface area contributed by atoms with Gasteiger partial charge in [0.15, 0.2) is 11.5 Å². The number of amides is 1. The molecule has 0 spiro atoms. The number of aromatic nitrogens is 2. The fraction of sp³-hybridized carbons (Fsp3) is 0.375. The average Bonchev–Trinajstić information content (AvgIpc) is 2.78. The van der Waals surface area contributed by atoms with Crippen LogP contribution in [0.15, 0.2) is 12.1 Å². The molecule has 2 rings (SSSR count). The number of carbonyl (C=O) groups excluding carboxylic acids is 1. The van der Waals surface area contributed by atoms with E-state index in [0.29, 0.717) is 34.2 Å². The van der Waals surface area contributed by atoms with E-state index >= 15 is 0 Å². The number of nitrogens with one attached hydrogen (secondary N) is 1. The van der Waals surface area contributed by atoms with Crippen LogP contribution in [0.3, 0.4) is 0 Å². The molecule has 23 heavy (non-hydrogen) atoms. The summed E-state index contributed by atoms with van der Waals surface area (Å²) in [6.45, 7) is 3.65. The van der Waals surface area contributed by atoms with Crippen molar-refractivity contribution in [2.24, 2.45) is 7.05 Å². The summed E-state index contributed by atoms with van der Waals surface area (Å²) in [6, 6.07) is 3.36. The largest absolute Gasteiger partial charge is 0.493 e. The van der Waals surface area contributed by atoms with Crippen molar-refractivity contribution in [2.45, 2.75) is 13.8 Å². The minimum atomic E-state index is -0.234. The van der Waals surface area contributed by atoms with Gasteiger partial charge >= 0.3 is 0 Å². The third-order valence-electron chi connectivity index (χ3n) is 3.66. The van der Waals surface area contributed by atoms with Crippen molar-refractivity contribution in [1.29, 1.82) is 0 Å². The van der Waals surface area contributed by atoms with E-state index in [0.717, 1.165) is 5.69 Å². The zero-order valence-corrected chi connectivity index (χ0v) is 14.2. The Kier molecular flexibility index (Phi) is 4.78. The topological polar surface area (TPSA) is 74.6 Å². The van der Waals surface area contributed by atoms with E-state index in [-0.39, 0.29) is 5.91 Å². The fourth-order valence-corrected chi connectivity index (χ4v) is 2.45. The van der Waals surface area contributed by atoms with Crippen LogP contribution >= 0.6 is 0 Å². The van der Waals surface area contributed by atoms with Gasteiger partial charge in [-0.05, 0) is 13.8 Å². The zero-order chi connectivity index (χ0) is 17.1. The Bertz CT molecular complexity index is 712. The first-order valence-corrected chi connectivity index (χ1v) is 7.04. The number of hydrogen-bond donors (Lipinski definition) is 1. The van der Waals surface area contributed by atoms with Gasteiger partial charge in [-0.3, -0.25) is 9.48 Å². The van der Waals surface area contributed by atoms with Crippen molar-refractivity contribution < 1.29 is 19.0 Å². The quantitative estimate of drug-likeness (QED) is 0.915. The Morgan fingerprint density at radius 3 is 2.04 bits per heavy atom. The number of benzene rings is 1. The standard InChI is InChI=1S/C16H21N3O4/c1-9-14(10(2)19(3)18-9)16(20)17-11-7-12(21-4)15(23-6)13(8-11)22-5/h7-8H,1-6H3,(H,17,20). The number of ether oxygens (including phenoxy) is 3. The second kappa shape index (κ2) is 6.60. The second-order valence-corrected chi connectivity index (χ2v) is 5.04. The van der Waals surface area contributed by atoms with Crippen molar-refractivity contribution in [1.82, 2.24) is 9.78 Å². The van der Waals surface area contributed by atoms with Crippen molar-refractivity contribution in [3.05, 3.63) is 29.1 Å². The number of nitrogens with zero attached hydrogens (tertiary/aromatic N) is 2. The maximum atomic E-state index is 12.5. The lowest BCUT2D eigenvalue weighted by Crippen LogP contribution is -2.14. The lowest BCUT2D eigenvalue weighted by molar-refractivity contribution is 0.102. The Balaban J connectivity index is 2.38. The molecule has 0 fully saturated rings. The first kappa shape index (κ1) is 16.7. The molecule has 0 unspecified atom stereocenters. The minimum absolute atomic E-state index is 0.234. The van der Waals surface area contributed by atoms with E-state index in [1.807, 2.05) is 6.92 Å².